The molecule has 0 atom stereocenters. The molecule has 0 aliphatic rings. The lowest BCUT2D eigenvalue weighted by Crippen LogP contribution is -2.28. The highest BCUT2D eigenvalue weighted by Gasteiger charge is 2.10. The fourth-order valence-electron chi connectivity index (χ4n) is 2.34. The van der Waals surface area contributed by atoms with E-state index in [0.29, 0.717) is 5.52 Å². The van der Waals surface area contributed by atoms with Crippen molar-refractivity contribution in [2.75, 3.05) is 12.4 Å². The van der Waals surface area contributed by atoms with Gasteiger partial charge in [0.25, 0.3) is 5.56 Å². The molecular weight excluding hydrogens is 332 g/mol. The number of carbonyl (C=O) groups is 1. The normalized spacial score (nSPS) is 10.7. The highest BCUT2D eigenvalue weighted by Crippen LogP contribution is 2.20. The van der Waals surface area contributed by atoms with Gasteiger partial charge in [0.1, 0.15) is 12.4 Å². The molecule has 0 saturated heterocycles. The second kappa shape index (κ2) is 6.68. The summed E-state index contributed by atoms with van der Waals surface area (Å²) in [4.78, 5) is 28.4. The Kier molecular flexibility index (Phi) is 4.42. The molecule has 1 N–H and O–H groups in total. The molecule has 0 aliphatic heterocycles. The summed E-state index contributed by atoms with van der Waals surface area (Å²) in [7, 11) is 1.33. The summed E-state index contributed by atoms with van der Waals surface area (Å²) in [5.41, 5.74) is 0.0111. The van der Waals surface area contributed by atoms with Gasteiger partial charge in [0.2, 0.25) is 5.91 Å². The number of fused-ring (bicyclic) bond motifs is 1. The van der Waals surface area contributed by atoms with E-state index in [0.717, 1.165) is 16.7 Å². The first-order valence-electron chi connectivity index (χ1n) is 7.26. The third-order valence-corrected chi connectivity index (χ3v) is 3.54. The van der Waals surface area contributed by atoms with E-state index in [4.69, 9.17) is 4.74 Å². The van der Waals surface area contributed by atoms with Gasteiger partial charge in [0, 0.05) is 11.8 Å². The monoisotopic (exact) mass is 345 g/mol. The molecule has 0 bridgehead atoms. The lowest BCUT2D eigenvalue weighted by molar-refractivity contribution is -0.116. The Bertz CT molecular complexity index is 1020. The number of nitrogens with one attached hydrogen (secondary N) is 1. The summed E-state index contributed by atoms with van der Waals surface area (Å²) >= 11 is 0. The predicted molar refractivity (Wildman–Crippen MR) is 87.5 cm³/mol. The van der Waals surface area contributed by atoms with Gasteiger partial charge < -0.3 is 10.1 Å². The summed E-state index contributed by atoms with van der Waals surface area (Å²) in [6.07, 6.45) is 1.21. The zero-order valence-electron chi connectivity index (χ0n) is 13.1. The number of halogens is 2. The largest absolute Gasteiger partial charge is 0.494 e. The molecule has 1 heterocycles. The highest BCUT2D eigenvalue weighted by atomic mass is 19.1. The number of hydrogen-bond donors (Lipinski definition) is 1. The van der Waals surface area contributed by atoms with Crippen LogP contribution in [-0.4, -0.2) is 22.6 Å². The van der Waals surface area contributed by atoms with Crippen molar-refractivity contribution in [1.29, 1.82) is 0 Å². The molecule has 0 radical (unpaired) electrons. The molecule has 3 rings (SSSR count). The van der Waals surface area contributed by atoms with Gasteiger partial charge in [-0.15, -0.1) is 0 Å². The topological polar surface area (TPSA) is 73.2 Å². The van der Waals surface area contributed by atoms with Gasteiger partial charge in [0.15, 0.2) is 11.6 Å². The molecule has 6 nitrogen and oxygen atoms in total. The first kappa shape index (κ1) is 16.6. The summed E-state index contributed by atoms with van der Waals surface area (Å²) < 4.78 is 32.8. The summed E-state index contributed by atoms with van der Waals surface area (Å²) in [6.45, 7) is -0.341. The number of aromatic nitrogens is 2. The van der Waals surface area contributed by atoms with E-state index in [-0.39, 0.29) is 23.4 Å². The minimum atomic E-state index is -0.625. The standard InChI is InChI=1S/C17H13F2N3O3/c1-25-15-5-3-11(7-13(15)19)21-16(23)8-22-9-20-14-4-2-10(18)6-12(14)17(22)24/h2-7,9H,8H2,1H3,(H,21,23). The van der Waals surface area contributed by atoms with Crippen LogP contribution in [0.1, 0.15) is 0 Å². The first-order valence-corrected chi connectivity index (χ1v) is 7.26. The molecule has 3 aromatic rings. The molecule has 8 heteroatoms. The molecular formula is C17H13F2N3O3. The predicted octanol–water partition coefficient (Wildman–Crippen LogP) is 2.32. The Morgan fingerprint density at radius 1 is 1.24 bits per heavy atom. The Morgan fingerprint density at radius 3 is 2.76 bits per heavy atom. The van der Waals surface area contributed by atoms with Crippen molar-refractivity contribution in [1.82, 2.24) is 9.55 Å². The summed E-state index contributed by atoms with van der Waals surface area (Å²) in [6, 6.07) is 7.60. The van der Waals surface area contributed by atoms with Crippen LogP contribution in [0.3, 0.4) is 0 Å². The van der Waals surface area contributed by atoms with Crippen LogP contribution < -0.4 is 15.6 Å². The van der Waals surface area contributed by atoms with Crippen molar-refractivity contribution in [2.45, 2.75) is 6.54 Å². The van der Waals surface area contributed by atoms with Crippen LogP contribution >= 0.6 is 0 Å². The van der Waals surface area contributed by atoms with Crippen molar-refractivity contribution in [3.63, 3.8) is 0 Å². The number of rotatable bonds is 4. The van der Waals surface area contributed by atoms with E-state index in [9.17, 15) is 18.4 Å². The number of anilines is 1. The maximum atomic E-state index is 13.6. The Hall–Kier alpha value is -3.29. The highest BCUT2D eigenvalue weighted by molar-refractivity contribution is 5.90. The van der Waals surface area contributed by atoms with E-state index < -0.39 is 23.1 Å². The van der Waals surface area contributed by atoms with Crippen molar-refractivity contribution < 1.29 is 18.3 Å². The Labute approximate surface area is 140 Å². The smallest absolute Gasteiger partial charge is 0.261 e. The zero-order valence-corrected chi connectivity index (χ0v) is 13.1. The number of ether oxygens (including phenoxy) is 1. The number of benzene rings is 2. The molecule has 0 unspecified atom stereocenters. The minimum Gasteiger partial charge on any atom is -0.494 e. The van der Waals surface area contributed by atoms with E-state index in [1.807, 2.05) is 0 Å². The number of methoxy groups -OCH3 is 1. The van der Waals surface area contributed by atoms with E-state index in [1.165, 1.54) is 37.7 Å². The SMILES string of the molecule is COc1ccc(NC(=O)Cn2cnc3ccc(F)cc3c2=O)cc1F. The van der Waals surface area contributed by atoms with Crippen LogP contribution in [0, 0.1) is 11.6 Å². The van der Waals surface area contributed by atoms with Gasteiger partial charge in [-0.2, -0.15) is 0 Å². The van der Waals surface area contributed by atoms with Crippen molar-refractivity contribution in [3.05, 3.63) is 64.7 Å². The fourth-order valence-corrected chi connectivity index (χ4v) is 2.34. The van der Waals surface area contributed by atoms with Crippen molar-refractivity contribution in [3.8, 4) is 5.75 Å². The molecule has 0 spiro atoms. The number of carbonyl (C=O) groups excluding carboxylic acids is 1. The van der Waals surface area contributed by atoms with Crippen molar-refractivity contribution >= 4 is 22.5 Å². The van der Waals surface area contributed by atoms with Gasteiger partial charge in [-0.3, -0.25) is 14.2 Å². The van der Waals surface area contributed by atoms with E-state index >= 15 is 0 Å². The summed E-state index contributed by atoms with van der Waals surface area (Å²) in [5, 5.41) is 2.55. The van der Waals surface area contributed by atoms with Gasteiger partial charge >= 0.3 is 0 Å². The van der Waals surface area contributed by atoms with Crippen LogP contribution in [0.2, 0.25) is 0 Å². The van der Waals surface area contributed by atoms with Gasteiger partial charge in [-0.05, 0) is 30.3 Å². The van der Waals surface area contributed by atoms with E-state index in [1.54, 1.807) is 0 Å². The molecule has 2 aromatic carbocycles. The number of amides is 1. The average molecular weight is 345 g/mol. The van der Waals surface area contributed by atoms with E-state index in [2.05, 4.69) is 10.3 Å². The second-order valence-corrected chi connectivity index (χ2v) is 5.24. The number of hydrogen-bond acceptors (Lipinski definition) is 4. The maximum absolute atomic E-state index is 13.6. The van der Waals surface area contributed by atoms with Gasteiger partial charge in [-0.1, -0.05) is 0 Å². The lowest BCUT2D eigenvalue weighted by Gasteiger charge is -2.09. The fraction of sp³-hybridized carbons (Fsp3) is 0.118. The first-order chi connectivity index (χ1) is 12.0. The molecule has 25 heavy (non-hydrogen) atoms. The van der Waals surface area contributed by atoms with Crippen LogP contribution in [-0.2, 0) is 11.3 Å². The molecule has 128 valence electrons. The molecule has 1 aromatic heterocycles. The Balaban J connectivity index is 1.81. The quantitative estimate of drug-likeness (QED) is 0.788. The number of nitrogens with zero attached hydrogens (tertiary/aromatic N) is 2. The van der Waals surface area contributed by atoms with Crippen LogP contribution in [0.15, 0.2) is 47.5 Å². The van der Waals surface area contributed by atoms with Gasteiger partial charge in [0.05, 0.1) is 24.3 Å². The average Bonchev–Trinajstić information content (AvgIpc) is 2.58. The van der Waals surface area contributed by atoms with Gasteiger partial charge in [-0.25, -0.2) is 13.8 Å². The minimum absolute atomic E-state index is 0.0509. The third-order valence-electron chi connectivity index (χ3n) is 3.54. The Morgan fingerprint density at radius 2 is 2.04 bits per heavy atom. The summed E-state index contributed by atoms with van der Waals surface area (Å²) in [5.74, 6) is -1.69. The molecule has 0 saturated carbocycles. The van der Waals surface area contributed by atoms with Crippen LogP contribution in [0.5, 0.6) is 5.75 Å². The van der Waals surface area contributed by atoms with Crippen molar-refractivity contribution in [2.24, 2.45) is 0 Å². The zero-order chi connectivity index (χ0) is 18.0. The maximum Gasteiger partial charge on any atom is 0.261 e. The third kappa shape index (κ3) is 3.47. The lowest BCUT2D eigenvalue weighted by atomic mass is 10.2. The second-order valence-electron chi connectivity index (χ2n) is 5.24. The van der Waals surface area contributed by atoms with Crippen LogP contribution in [0.4, 0.5) is 14.5 Å². The molecule has 0 aliphatic carbocycles. The van der Waals surface area contributed by atoms with Crippen LogP contribution in [0.25, 0.3) is 10.9 Å². The molecule has 0 fully saturated rings. The molecule has 1 amide bonds.